The van der Waals surface area contributed by atoms with Gasteiger partial charge in [-0.05, 0) is 43.2 Å². The highest BCUT2D eigenvalue weighted by atomic mass is 16.4. The van der Waals surface area contributed by atoms with Crippen LogP contribution >= 0.6 is 0 Å². The third kappa shape index (κ3) is 1.97. The Kier molecular flexibility index (Phi) is 2.57. The van der Waals surface area contributed by atoms with Crippen LogP contribution in [0.4, 0.5) is 0 Å². The first-order valence-corrected chi connectivity index (χ1v) is 5.12. The maximum atomic E-state index is 10.4. The van der Waals surface area contributed by atoms with Crippen LogP contribution in [0.15, 0.2) is 12.3 Å². The maximum absolute atomic E-state index is 10.4. The summed E-state index contributed by atoms with van der Waals surface area (Å²) in [7, 11) is 0. The zero-order valence-electron chi connectivity index (χ0n) is 8.12. The molecule has 0 fully saturated rings. The Labute approximate surface area is 83.1 Å². The van der Waals surface area contributed by atoms with E-state index in [1.54, 1.807) is 0 Å². The van der Waals surface area contributed by atoms with Crippen LogP contribution in [0.3, 0.4) is 0 Å². The number of H-pyrrole nitrogens is 1. The summed E-state index contributed by atoms with van der Waals surface area (Å²) in [6.07, 6.45) is 6.36. The molecule has 3 heteroatoms. The van der Waals surface area contributed by atoms with Gasteiger partial charge in [0.15, 0.2) is 0 Å². The van der Waals surface area contributed by atoms with Crippen molar-refractivity contribution in [3.63, 3.8) is 0 Å². The second-order valence-electron chi connectivity index (χ2n) is 4.02. The normalized spacial score (nSPS) is 20.4. The number of aryl methyl sites for hydroxylation is 1. The lowest BCUT2D eigenvalue weighted by Gasteiger charge is -2.21. The molecule has 0 aliphatic heterocycles. The molecule has 0 spiro atoms. The minimum atomic E-state index is -0.678. The first-order valence-electron chi connectivity index (χ1n) is 5.12. The van der Waals surface area contributed by atoms with E-state index in [9.17, 15) is 4.79 Å². The number of aromatic amines is 1. The number of carbonyl (C=O) groups is 1. The van der Waals surface area contributed by atoms with Crippen molar-refractivity contribution in [3.8, 4) is 0 Å². The third-order valence-corrected chi connectivity index (χ3v) is 3.01. The van der Waals surface area contributed by atoms with Crippen molar-refractivity contribution in [2.45, 2.75) is 32.1 Å². The minimum Gasteiger partial charge on any atom is -0.481 e. The molecule has 3 nitrogen and oxygen atoms in total. The predicted molar refractivity (Wildman–Crippen MR) is 53.2 cm³/mol. The van der Waals surface area contributed by atoms with Crippen molar-refractivity contribution in [1.29, 1.82) is 0 Å². The van der Waals surface area contributed by atoms with E-state index in [0.29, 0.717) is 12.3 Å². The average Bonchev–Trinajstić information content (AvgIpc) is 2.61. The first kappa shape index (κ1) is 9.31. The number of rotatable bonds is 3. The molecule has 1 heterocycles. The lowest BCUT2D eigenvalue weighted by atomic mass is 9.85. The number of hydrogen-bond acceptors (Lipinski definition) is 1. The topological polar surface area (TPSA) is 53.1 Å². The molecule has 0 radical (unpaired) electrons. The summed E-state index contributed by atoms with van der Waals surface area (Å²) in [6, 6.07) is 2.13. The van der Waals surface area contributed by atoms with Crippen LogP contribution in [0.1, 0.15) is 30.5 Å². The predicted octanol–water partition coefficient (Wildman–Crippen LogP) is 1.98. The Morgan fingerprint density at radius 1 is 1.64 bits per heavy atom. The van der Waals surface area contributed by atoms with Crippen LogP contribution in [0, 0.1) is 5.92 Å². The Bertz CT molecular complexity index is 330. The van der Waals surface area contributed by atoms with E-state index in [-0.39, 0.29) is 0 Å². The van der Waals surface area contributed by atoms with Crippen LogP contribution < -0.4 is 0 Å². The number of carboxylic acid groups (broad SMARTS) is 1. The Hall–Kier alpha value is -1.25. The molecule has 2 rings (SSSR count). The van der Waals surface area contributed by atoms with Gasteiger partial charge in [0.1, 0.15) is 0 Å². The van der Waals surface area contributed by atoms with Gasteiger partial charge in [0.2, 0.25) is 0 Å². The highest BCUT2D eigenvalue weighted by molar-refractivity contribution is 5.66. The zero-order valence-corrected chi connectivity index (χ0v) is 8.12. The van der Waals surface area contributed by atoms with Gasteiger partial charge >= 0.3 is 5.97 Å². The van der Waals surface area contributed by atoms with Crippen LogP contribution in [0.5, 0.6) is 0 Å². The third-order valence-electron chi connectivity index (χ3n) is 3.01. The number of aliphatic carboxylic acids is 1. The fraction of sp³-hybridized carbons (Fsp3) is 0.545. The standard InChI is InChI=1S/C11H15NO2/c13-11(14)4-2-8-1-3-9-5-6-12-10(9)7-8/h5-6,8,12H,1-4,7H2,(H,13,14). The molecule has 1 aromatic rings. The lowest BCUT2D eigenvalue weighted by molar-refractivity contribution is -0.137. The van der Waals surface area contributed by atoms with E-state index in [4.69, 9.17) is 5.11 Å². The van der Waals surface area contributed by atoms with Gasteiger partial charge in [-0.3, -0.25) is 4.79 Å². The summed E-state index contributed by atoms with van der Waals surface area (Å²) >= 11 is 0. The Morgan fingerprint density at radius 3 is 3.29 bits per heavy atom. The van der Waals surface area contributed by atoms with Crippen molar-refractivity contribution in [3.05, 3.63) is 23.5 Å². The molecule has 1 aromatic heterocycles. The highest BCUT2D eigenvalue weighted by Crippen LogP contribution is 2.27. The van der Waals surface area contributed by atoms with Gasteiger partial charge < -0.3 is 10.1 Å². The van der Waals surface area contributed by atoms with E-state index in [1.807, 2.05) is 6.20 Å². The van der Waals surface area contributed by atoms with E-state index in [0.717, 1.165) is 25.7 Å². The maximum Gasteiger partial charge on any atom is 0.303 e. The molecule has 0 aromatic carbocycles. The van der Waals surface area contributed by atoms with E-state index >= 15 is 0 Å². The van der Waals surface area contributed by atoms with Gasteiger partial charge in [-0.15, -0.1) is 0 Å². The number of fused-ring (bicyclic) bond motifs is 1. The Morgan fingerprint density at radius 2 is 2.50 bits per heavy atom. The summed E-state index contributed by atoms with van der Waals surface area (Å²) in [5, 5.41) is 8.59. The molecule has 1 aliphatic carbocycles. The van der Waals surface area contributed by atoms with Gasteiger partial charge in [-0.25, -0.2) is 0 Å². The molecule has 1 atom stereocenters. The van der Waals surface area contributed by atoms with Crippen molar-refractivity contribution < 1.29 is 9.90 Å². The average molecular weight is 193 g/mol. The second-order valence-corrected chi connectivity index (χ2v) is 4.02. The zero-order chi connectivity index (χ0) is 9.97. The van der Waals surface area contributed by atoms with Gasteiger partial charge in [0.25, 0.3) is 0 Å². The number of nitrogens with one attached hydrogen (secondary N) is 1. The molecule has 1 unspecified atom stereocenters. The van der Waals surface area contributed by atoms with E-state index < -0.39 is 5.97 Å². The molecular formula is C11H15NO2. The molecule has 2 N–H and O–H groups in total. The molecule has 0 amide bonds. The monoisotopic (exact) mass is 193 g/mol. The van der Waals surface area contributed by atoms with Crippen LogP contribution in [0.2, 0.25) is 0 Å². The van der Waals surface area contributed by atoms with Gasteiger partial charge in [-0.2, -0.15) is 0 Å². The largest absolute Gasteiger partial charge is 0.481 e. The van der Waals surface area contributed by atoms with Crippen LogP contribution in [-0.4, -0.2) is 16.1 Å². The number of hydrogen-bond donors (Lipinski definition) is 2. The van der Waals surface area contributed by atoms with Gasteiger partial charge in [0.05, 0.1) is 0 Å². The summed E-state index contributed by atoms with van der Waals surface area (Å²) in [5.74, 6) is -0.125. The Balaban J connectivity index is 1.91. The van der Waals surface area contributed by atoms with Gasteiger partial charge in [0, 0.05) is 18.3 Å². The molecule has 76 valence electrons. The summed E-state index contributed by atoms with van der Waals surface area (Å²) < 4.78 is 0. The van der Waals surface area contributed by atoms with Crippen LogP contribution in [0.25, 0.3) is 0 Å². The minimum absolute atomic E-state index is 0.306. The van der Waals surface area contributed by atoms with Crippen molar-refractivity contribution in [2.75, 3.05) is 0 Å². The van der Waals surface area contributed by atoms with E-state index in [1.165, 1.54) is 11.3 Å². The molecule has 0 saturated heterocycles. The molecule has 14 heavy (non-hydrogen) atoms. The highest BCUT2D eigenvalue weighted by Gasteiger charge is 2.19. The molecule has 0 saturated carbocycles. The summed E-state index contributed by atoms with van der Waals surface area (Å²) in [4.78, 5) is 13.7. The molecule has 0 bridgehead atoms. The fourth-order valence-corrected chi connectivity index (χ4v) is 2.18. The fourth-order valence-electron chi connectivity index (χ4n) is 2.18. The molecule has 1 aliphatic rings. The lowest BCUT2D eigenvalue weighted by Crippen LogP contribution is -2.14. The summed E-state index contributed by atoms with van der Waals surface area (Å²) in [5.41, 5.74) is 2.73. The SMILES string of the molecule is O=C(O)CCC1CCc2cc[nH]c2C1. The van der Waals surface area contributed by atoms with Crippen molar-refractivity contribution in [1.82, 2.24) is 4.98 Å². The summed E-state index contributed by atoms with van der Waals surface area (Å²) in [6.45, 7) is 0. The number of carboxylic acids is 1. The molecular weight excluding hydrogens is 178 g/mol. The smallest absolute Gasteiger partial charge is 0.303 e. The van der Waals surface area contributed by atoms with Crippen molar-refractivity contribution >= 4 is 5.97 Å². The number of aromatic nitrogens is 1. The van der Waals surface area contributed by atoms with Crippen molar-refractivity contribution in [2.24, 2.45) is 5.92 Å². The quantitative estimate of drug-likeness (QED) is 0.771. The second kappa shape index (κ2) is 3.86. The first-order chi connectivity index (χ1) is 6.75. The van der Waals surface area contributed by atoms with E-state index in [2.05, 4.69) is 11.1 Å². The van der Waals surface area contributed by atoms with Gasteiger partial charge in [-0.1, -0.05) is 0 Å². The van der Waals surface area contributed by atoms with Crippen LogP contribution in [-0.2, 0) is 17.6 Å².